The first-order chi connectivity index (χ1) is 13.9. The SMILES string of the molecule is CC[C@H](C)NC(=O)[C@@H](C)N(CCc1ccccc1)C(=O)CSc1ccc(Cl)cc1. The van der Waals surface area contributed by atoms with Crippen molar-refractivity contribution >= 4 is 35.2 Å². The van der Waals surface area contributed by atoms with Crippen LogP contribution < -0.4 is 5.32 Å². The third-order valence-corrected chi connectivity index (χ3v) is 6.08. The Morgan fingerprint density at radius 1 is 1.07 bits per heavy atom. The summed E-state index contributed by atoms with van der Waals surface area (Å²) in [5, 5.41) is 3.66. The van der Waals surface area contributed by atoms with Crippen molar-refractivity contribution < 1.29 is 9.59 Å². The number of rotatable bonds is 10. The average Bonchev–Trinajstić information content (AvgIpc) is 2.73. The first kappa shape index (κ1) is 23.3. The number of halogens is 1. The lowest BCUT2D eigenvalue weighted by Gasteiger charge is -2.29. The zero-order valence-electron chi connectivity index (χ0n) is 17.2. The van der Waals surface area contributed by atoms with Crippen LogP contribution in [0.4, 0.5) is 0 Å². The standard InChI is InChI=1S/C23H29ClN2O2S/c1-4-17(2)25-23(28)18(3)26(15-14-19-8-6-5-7-9-19)22(27)16-29-21-12-10-20(24)11-13-21/h5-13,17-18H,4,14-16H2,1-3H3,(H,25,28)/t17-,18+/m0/s1. The highest BCUT2D eigenvalue weighted by Crippen LogP contribution is 2.21. The van der Waals surface area contributed by atoms with Crippen molar-refractivity contribution in [1.82, 2.24) is 10.2 Å². The van der Waals surface area contributed by atoms with E-state index in [2.05, 4.69) is 5.32 Å². The van der Waals surface area contributed by atoms with Crippen molar-refractivity contribution in [3.05, 3.63) is 65.2 Å². The molecule has 0 unspecified atom stereocenters. The first-order valence-corrected chi connectivity index (χ1v) is 11.3. The minimum absolute atomic E-state index is 0.0484. The highest BCUT2D eigenvalue weighted by atomic mass is 35.5. The minimum Gasteiger partial charge on any atom is -0.352 e. The van der Waals surface area contributed by atoms with E-state index in [9.17, 15) is 9.59 Å². The number of thioether (sulfide) groups is 1. The summed E-state index contributed by atoms with van der Waals surface area (Å²) in [6.45, 7) is 6.29. The van der Waals surface area contributed by atoms with Gasteiger partial charge in [0.05, 0.1) is 5.75 Å². The maximum absolute atomic E-state index is 13.0. The van der Waals surface area contributed by atoms with Crippen molar-refractivity contribution in [2.24, 2.45) is 0 Å². The number of hydrogen-bond acceptors (Lipinski definition) is 3. The van der Waals surface area contributed by atoms with E-state index in [4.69, 9.17) is 11.6 Å². The van der Waals surface area contributed by atoms with Crippen LogP contribution in [-0.4, -0.2) is 41.1 Å². The Hall–Kier alpha value is -1.98. The van der Waals surface area contributed by atoms with Gasteiger partial charge in [-0.1, -0.05) is 48.9 Å². The number of carbonyl (C=O) groups is 2. The molecule has 29 heavy (non-hydrogen) atoms. The van der Waals surface area contributed by atoms with Gasteiger partial charge in [0, 0.05) is 22.5 Å². The summed E-state index contributed by atoms with van der Waals surface area (Å²) in [6.07, 6.45) is 1.56. The lowest BCUT2D eigenvalue weighted by Crippen LogP contribution is -2.51. The fourth-order valence-electron chi connectivity index (χ4n) is 2.79. The van der Waals surface area contributed by atoms with Gasteiger partial charge < -0.3 is 10.2 Å². The van der Waals surface area contributed by atoms with Crippen LogP contribution in [0.15, 0.2) is 59.5 Å². The fourth-order valence-corrected chi connectivity index (χ4v) is 3.70. The summed E-state index contributed by atoms with van der Waals surface area (Å²) in [7, 11) is 0. The maximum atomic E-state index is 13.0. The molecule has 0 spiro atoms. The van der Waals surface area contributed by atoms with Gasteiger partial charge in [0.15, 0.2) is 0 Å². The van der Waals surface area contributed by atoms with Crippen LogP contribution in [0, 0.1) is 0 Å². The van der Waals surface area contributed by atoms with Gasteiger partial charge in [-0.05, 0) is 56.5 Å². The topological polar surface area (TPSA) is 49.4 Å². The van der Waals surface area contributed by atoms with Gasteiger partial charge in [0.2, 0.25) is 11.8 Å². The predicted octanol–water partition coefficient (Wildman–Crippen LogP) is 4.81. The molecule has 0 aliphatic heterocycles. The van der Waals surface area contributed by atoms with Crippen LogP contribution in [0.1, 0.15) is 32.8 Å². The Morgan fingerprint density at radius 3 is 2.34 bits per heavy atom. The van der Waals surface area contributed by atoms with E-state index in [-0.39, 0.29) is 23.6 Å². The molecule has 1 N–H and O–H groups in total. The quantitative estimate of drug-likeness (QED) is 0.548. The summed E-state index contributed by atoms with van der Waals surface area (Å²) < 4.78 is 0. The Balaban J connectivity index is 2.05. The molecule has 2 aromatic carbocycles. The molecule has 2 rings (SSSR count). The highest BCUT2D eigenvalue weighted by Gasteiger charge is 2.26. The third-order valence-electron chi connectivity index (χ3n) is 4.83. The van der Waals surface area contributed by atoms with Crippen molar-refractivity contribution in [1.29, 1.82) is 0 Å². The lowest BCUT2D eigenvalue weighted by molar-refractivity contribution is -0.138. The summed E-state index contributed by atoms with van der Waals surface area (Å²) in [4.78, 5) is 28.3. The van der Waals surface area contributed by atoms with Gasteiger partial charge >= 0.3 is 0 Å². The molecular formula is C23H29ClN2O2S. The summed E-state index contributed by atoms with van der Waals surface area (Å²) in [5.41, 5.74) is 1.14. The Labute approximate surface area is 183 Å². The second-order valence-electron chi connectivity index (χ2n) is 7.06. The van der Waals surface area contributed by atoms with Gasteiger partial charge in [-0.15, -0.1) is 11.8 Å². The smallest absolute Gasteiger partial charge is 0.242 e. The second kappa shape index (κ2) is 11.9. The molecular weight excluding hydrogens is 404 g/mol. The molecule has 156 valence electrons. The largest absolute Gasteiger partial charge is 0.352 e. The molecule has 0 aromatic heterocycles. The molecule has 0 saturated carbocycles. The second-order valence-corrected chi connectivity index (χ2v) is 8.54. The Kier molecular flexibility index (Phi) is 9.55. The molecule has 0 radical (unpaired) electrons. The molecule has 2 amide bonds. The van der Waals surface area contributed by atoms with Crippen LogP contribution in [0.5, 0.6) is 0 Å². The Bertz CT molecular complexity index is 783. The Morgan fingerprint density at radius 2 is 1.72 bits per heavy atom. The summed E-state index contributed by atoms with van der Waals surface area (Å²) in [6, 6.07) is 17.0. The third kappa shape index (κ3) is 7.75. The van der Waals surface area contributed by atoms with E-state index >= 15 is 0 Å². The van der Waals surface area contributed by atoms with Crippen LogP contribution in [0.25, 0.3) is 0 Å². The van der Waals surface area contributed by atoms with E-state index in [0.717, 1.165) is 16.9 Å². The molecule has 0 fully saturated rings. The molecule has 2 aromatic rings. The molecule has 0 aliphatic rings. The van der Waals surface area contributed by atoms with Crippen LogP contribution >= 0.6 is 23.4 Å². The van der Waals surface area contributed by atoms with Crippen molar-refractivity contribution in [3.63, 3.8) is 0 Å². The van der Waals surface area contributed by atoms with E-state index < -0.39 is 6.04 Å². The number of hydrogen-bond donors (Lipinski definition) is 1. The average molecular weight is 433 g/mol. The number of nitrogens with zero attached hydrogens (tertiary/aromatic N) is 1. The van der Waals surface area contributed by atoms with Crippen LogP contribution in [0.3, 0.4) is 0 Å². The monoisotopic (exact) mass is 432 g/mol. The fraction of sp³-hybridized carbons (Fsp3) is 0.391. The molecule has 0 bridgehead atoms. The van der Waals surface area contributed by atoms with E-state index in [0.29, 0.717) is 18.0 Å². The number of benzene rings is 2. The van der Waals surface area contributed by atoms with Crippen LogP contribution in [-0.2, 0) is 16.0 Å². The maximum Gasteiger partial charge on any atom is 0.242 e. The molecule has 2 atom stereocenters. The van der Waals surface area contributed by atoms with Gasteiger partial charge in [-0.2, -0.15) is 0 Å². The number of amides is 2. The minimum atomic E-state index is -0.522. The van der Waals surface area contributed by atoms with E-state index in [1.54, 1.807) is 11.8 Å². The van der Waals surface area contributed by atoms with Gasteiger partial charge in [0.1, 0.15) is 6.04 Å². The zero-order valence-corrected chi connectivity index (χ0v) is 18.8. The van der Waals surface area contributed by atoms with Gasteiger partial charge in [-0.25, -0.2) is 0 Å². The van der Waals surface area contributed by atoms with Gasteiger partial charge in [0.25, 0.3) is 0 Å². The van der Waals surface area contributed by atoms with Crippen molar-refractivity contribution in [2.75, 3.05) is 12.3 Å². The summed E-state index contributed by atoms with van der Waals surface area (Å²) in [5.74, 6) is 0.113. The van der Waals surface area contributed by atoms with Gasteiger partial charge in [-0.3, -0.25) is 9.59 Å². The predicted molar refractivity (Wildman–Crippen MR) is 121 cm³/mol. The summed E-state index contributed by atoms with van der Waals surface area (Å²) >= 11 is 7.38. The normalized spacial score (nSPS) is 12.8. The van der Waals surface area contributed by atoms with E-state index in [1.165, 1.54) is 11.8 Å². The zero-order chi connectivity index (χ0) is 21.2. The number of nitrogens with one attached hydrogen (secondary N) is 1. The van der Waals surface area contributed by atoms with Crippen molar-refractivity contribution in [2.45, 2.75) is 50.6 Å². The first-order valence-electron chi connectivity index (χ1n) is 9.92. The van der Waals surface area contributed by atoms with E-state index in [1.807, 2.05) is 68.4 Å². The molecule has 0 saturated heterocycles. The molecule has 0 aliphatic carbocycles. The molecule has 0 heterocycles. The lowest BCUT2D eigenvalue weighted by atomic mass is 10.1. The van der Waals surface area contributed by atoms with Crippen LogP contribution in [0.2, 0.25) is 5.02 Å². The number of carbonyl (C=O) groups excluding carboxylic acids is 2. The highest BCUT2D eigenvalue weighted by molar-refractivity contribution is 8.00. The van der Waals surface area contributed by atoms with Crippen molar-refractivity contribution in [3.8, 4) is 0 Å². The molecule has 4 nitrogen and oxygen atoms in total. The molecule has 6 heteroatoms.